The Bertz CT molecular complexity index is 742. The first-order valence-corrected chi connectivity index (χ1v) is 8.75. The van der Waals surface area contributed by atoms with Gasteiger partial charge in [-0.15, -0.1) is 0 Å². The maximum Gasteiger partial charge on any atom is 0.271 e. The van der Waals surface area contributed by atoms with E-state index in [2.05, 4.69) is 22.4 Å². The standard InChI is InChI=1S/C19H23N3O2/c1-24-14-8-6-13(7-9-14)19(10-2-3-11-19)18-21-15-5-4-12-20-17(23)16(15)22-18/h6-9H,2-5,10-12H2,1H3,(H,20,23)(H,21,22). The molecule has 24 heavy (non-hydrogen) atoms. The molecule has 0 saturated heterocycles. The van der Waals surface area contributed by atoms with Gasteiger partial charge < -0.3 is 15.0 Å². The van der Waals surface area contributed by atoms with Crippen LogP contribution >= 0.6 is 0 Å². The molecule has 0 radical (unpaired) electrons. The van der Waals surface area contributed by atoms with Crippen LogP contribution in [0.3, 0.4) is 0 Å². The second-order valence-electron chi connectivity index (χ2n) is 6.79. The first-order chi connectivity index (χ1) is 11.7. The van der Waals surface area contributed by atoms with Crippen LogP contribution in [0.2, 0.25) is 0 Å². The highest BCUT2D eigenvalue weighted by atomic mass is 16.5. The monoisotopic (exact) mass is 325 g/mol. The van der Waals surface area contributed by atoms with Gasteiger partial charge >= 0.3 is 0 Å². The van der Waals surface area contributed by atoms with E-state index < -0.39 is 0 Å². The second-order valence-corrected chi connectivity index (χ2v) is 6.79. The van der Waals surface area contributed by atoms with Gasteiger partial charge in [-0.2, -0.15) is 0 Å². The lowest BCUT2D eigenvalue weighted by atomic mass is 9.78. The lowest BCUT2D eigenvalue weighted by molar-refractivity contribution is 0.0951. The summed E-state index contributed by atoms with van der Waals surface area (Å²) in [5.41, 5.74) is 2.71. The molecule has 1 saturated carbocycles. The number of ether oxygens (including phenoxy) is 1. The Labute approximate surface area is 141 Å². The third-order valence-corrected chi connectivity index (χ3v) is 5.44. The van der Waals surface area contributed by atoms with Gasteiger partial charge in [-0.25, -0.2) is 4.98 Å². The van der Waals surface area contributed by atoms with E-state index in [1.165, 1.54) is 18.4 Å². The van der Waals surface area contributed by atoms with Crippen LogP contribution in [-0.2, 0) is 11.8 Å². The predicted molar refractivity (Wildman–Crippen MR) is 91.5 cm³/mol. The Kier molecular flexibility index (Phi) is 3.79. The number of hydrogen-bond acceptors (Lipinski definition) is 3. The molecule has 4 rings (SSSR count). The summed E-state index contributed by atoms with van der Waals surface area (Å²) >= 11 is 0. The minimum atomic E-state index is -0.112. The van der Waals surface area contributed by atoms with Gasteiger partial charge in [0.05, 0.1) is 12.5 Å². The molecule has 5 heteroatoms. The van der Waals surface area contributed by atoms with Gasteiger partial charge in [0, 0.05) is 12.2 Å². The highest BCUT2D eigenvalue weighted by molar-refractivity contribution is 5.93. The molecule has 0 atom stereocenters. The molecule has 0 unspecified atom stereocenters. The highest BCUT2D eigenvalue weighted by Crippen LogP contribution is 2.45. The number of amides is 1. The molecule has 1 amide bonds. The van der Waals surface area contributed by atoms with Crippen LogP contribution in [-0.4, -0.2) is 29.5 Å². The third-order valence-electron chi connectivity index (χ3n) is 5.44. The fourth-order valence-corrected chi connectivity index (χ4v) is 4.11. The number of carbonyl (C=O) groups excluding carboxylic acids is 1. The highest BCUT2D eigenvalue weighted by Gasteiger charge is 2.41. The molecule has 2 aromatic rings. The van der Waals surface area contributed by atoms with E-state index in [9.17, 15) is 4.79 Å². The maximum atomic E-state index is 12.2. The number of nitrogens with zero attached hydrogens (tertiary/aromatic N) is 1. The van der Waals surface area contributed by atoms with Crippen LogP contribution in [0.15, 0.2) is 24.3 Å². The molecule has 1 aromatic carbocycles. The molecular weight excluding hydrogens is 302 g/mol. The number of benzene rings is 1. The summed E-state index contributed by atoms with van der Waals surface area (Å²) in [6.45, 7) is 0.724. The van der Waals surface area contributed by atoms with Crippen LogP contribution in [0.5, 0.6) is 5.75 Å². The van der Waals surface area contributed by atoms with Crippen molar-refractivity contribution in [3.8, 4) is 5.75 Å². The predicted octanol–water partition coefficient (Wildman–Crippen LogP) is 2.95. The van der Waals surface area contributed by atoms with E-state index >= 15 is 0 Å². The zero-order valence-corrected chi connectivity index (χ0v) is 14.0. The number of aromatic amines is 1. The van der Waals surface area contributed by atoms with Gasteiger partial charge in [0.2, 0.25) is 0 Å². The average Bonchev–Trinajstić information content (AvgIpc) is 3.23. The summed E-state index contributed by atoms with van der Waals surface area (Å²) in [6.07, 6.45) is 6.32. The van der Waals surface area contributed by atoms with Crippen molar-refractivity contribution in [2.45, 2.75) is 43.9 Å². The van der Waals surface area contributed by atoms with Crippen molar-refractivity contribution in [3.63, 3.8) is 0 Å². The summed E-state index contributed by atoms with van der Waals surface area (Å²) in [5.74, 6) is 1.77. The minimum Gasteiger partial charge on any atom is -0.497 e. The van der Waals surface area contributed by atoms with E-state index in [1.807, 2.05) is 12.1 Å². The maximum absolute atomic E-state index is 12.2. The van der Waals surface area contributed by atoms with E-state index in [-0.39, 0.29) is 11.3 Å². The topological polar surface area (TPSA) is 67.0 Å². The minimum absolute atomic E-state index is 0.0483. The van der Waals surface area contributed by atoms with E-state index in [4.69, 9.17) is 9.72 Å². The van der Waals surface area contributed by atoms with E-state index in [0.29, 0.717) is 5.69 Å². The zero-order chi connectivity index (χ0) is 16.6. The van der Waals surface area contributed by atoms with Crippen molar-refractivity contribution in [1.29, 1.82) is 0 Å². The number of aryl methyl sites for hydroxylation is 1. The van der Waals surface area contributed by atoms with Gasteiger partial charge in [-0.1, -0.05) is 25.0 Å². The summed E-state index contributed by atoms with van der Waals surface area (Å²) in [6, 6.07) is 8.29. The molecule has 0 spiro atoms. The van der Waals surface area contributed by atoms with Crippen LogP contribution in [0, 0.1) is 0 Å². The van der Waals surface area contributed by atoms with Crippen molar-refractivity contribution >= 4 is 5.91 Å². The molecule has 1 aromatic heterocycles. The average molecular weight is 325 g/mol. The molecule has 1 fully saturated rings. The second kappa shape index (κ2) is 5.96. The number of fused-ring (bicyclic) bond motifs is 1. The fourth-order valence-electron chi connectivity index (χ4n) is 4.11. The lowest BCUT2D eigenvalue weighted by Gasteiger charge is -2.27. The normalized spacial score (nSPS) is 19.5. The van der Waals surface area contributed by atoms with Gasteiger partial charge in [-0.05, 0) is 43.4 Å². The molecule has 2 heterocycles. The number of carbonyl (C=O) groups is 1. The Hall–Kier alpha value is -2.30. The molecule has 1 aliphatic heterocycles. The number of aromatic nitrogens is 2. The number of nitrogens with one attached hydrogen (secondary N) is 2. The van der Waals surface area contributed by atoms with Gasteiger partial charge in [0.15, 0.2) is 0 Å². The van der Waals surface area contributed by atoms with E-state index in [0.717, 1.165) is 49.5 Å². The van der Waals surface area contributed by atoms with Gasteiger partial charge in [-0.3, -0.25) is 4.79 Å². The first-order valence-electron chi connectivity index (χ1n) is 8.75. The summed E-state index contributed by atoms with van der Waals surface area (Å²) in [7, 11) is 1.68. The number of hydrogen-bond donors (Lipinski definition) is 2. The van der Waals surface area contributed by atoms with Crippen molar-refractivity contribution in [2.24, 2.45) is 0 Å². The number of methoxy groups -OCH3 is 1. The summed E-state index contributed by atoms with van der Waals surface area (Å²) < 4.78 is 5.29. The van der Waals surface area contributed by atoms with Crippen molar-refractivity contribution < 1.29 is 9.53 Å². The van der Waals surface area contributed by atoms with Gasteiger partial charge in [0.25, 0.3) is 5.91 Å². The number of rotatable bonds is 3. The lowest BCUT2D eigenvalue weighted by Crippen LogP contribution is -2.27. The van der Waals surface area contributed by atoms with Crippen LogP contribution in [0.4, 0.5) is 0 Å². The molecule has 1 aliphatic carbocycles. The van der Waals surface area contributed by atoms with Crippen LogP contribution in [0.1, 0.15) is 59.7 Å². The van der Waals surface area contributed by atoms with Crippen molar-refractivity contribution in [3.05, 3.63) is 47.0 Å². The fraction of sp³-hybridized carbons (Fsp3) is 0.474. The summed E-state index contributed by atoms with van der Waals surface area (Å²) in [5, 5.41) is 2.93. The number of H-pyrrole nitrogens is 1. The molecule has 2 N–H and O–H groups in total. The SMILES string of the molecule is COc1ccc(C2(c3nc4c([nH]3)CCCNC4=O)CCCC2)cc1. The molecule has 5 nitrogen and oxygen atoms in total. The molecule has 2 aliphatic rings. The summed E-state index contributed by atoms with van der Waals surface area (Å²) in [4.78, 5) is 20.5. The molecule has 126 valence electrons. The largest absolute Gasteiger partial charge is 0.497 e. The Morgan fingerprint density at radius 2 is 1.88 bits per heavy atom. The first kappa shape index (κ1) is 15.2. The third kappa shape index (κ3) is 2.39. The van der Waals surface area contributed by atoms with Crippen molar-refractivity contribution in [2.75, 3.05) is 13.7 Å². The van der Waals surface area contributed by atoms with Crippen molar-refractivity contribution in [1.82, 2.24) is 15.3 Å². The molecule has 0 bridgehead atoms. The van der Waals surface area contributed by atoms with Gasteiger partial charge in [0.1, 0.15) is 17.3 Å². The quantitative estimate of drug-likeness (QED) is 0.912. The Morgan fingerprint density at radius 3 is 2.58 bits per heavy atom. The smallest absolute Gasteiger partial charge is 0.271 e. The van der Waals surface area contributed by atoms with Crippen LogP contribution in [0.25, 0.3) is 0 Å². The number of imidazole rings is 1. The Morgan fingerprint density at radius 1 is 1.12 bits per heavy atom. The Balaban J connectivity index is 1.78. The van der Waals surface area contributed by atoms with Crippen LogP contribution < -0.4 is 10.1 Å². The van der Waals surface area contributed by atoms with E-state index in [1.54, 1.807) is 7.11 Å². The molecular formula is C19H23N3O2. The zero-order valence-electron chi connectivity index (χ0n) is 14.0.